The minimum atomic E-state index is -0.406. The molecular weight excluding hydrogens is 288 g/mol. The molecule has 1 unspecified atom stereocenters. The second kappa shape index (κ2) is 9.41. The summed E-state index contributed by atoms with van der Waals surface area (Å²) in [6, 6.07) is 12.0. The number of ether oxygens (including phenoxy) is 2. The molecule has 1 N–H and O–H groups in total. The second-order valence-electron chi connectivity index (χ2n) is 5.92. The third-order valence-corrected chi connectivity index (χ3v) is 3.88. The SMILES string of the molecule is CCCCCC(O)COc1ccc(OCCC)c2ccccc12. The Morgan fingerprint density at radius 3 is 2.13 bits per heavy atom. The van der Waals surface area contributed by atoms with E-state index in [-0.39, 0.29) is 0 Å². The third-order valence-electron chi connectivity index (χ3n) is 3.88. The maximum Gasteiger partial charge on any atom is 0.127 e. The molecule has 3 heteroatoms. The molecule has 0 saturated heterocycles. The molecule has 2 aromatic rings. The molecule has 0 heterocycles. The Balaban J connectivity index is 2.06. The predicted octanol–water partition coefficient (Wildman–Crippen LogP) is 4.95. The maximum absolute atomic E-state index is 10.0. The molecule has 126 valence electrons. The fourth-order valence-electron chi connectivity index (χ4n) is 2.61. The van der Waals surface area contributed by atoms with Crippen LogP contribution in [0.4, 0.5) is 0 Å². The van der Waals surface area contributed by atoms with Crippen molar-refractivity contribution in [2.75, 3.05) is 13.2 Å². The van der Waals surface area contributed by atoms with E-state index in [1.807, 2.05) is 36.4 Å². The highest BCUT2D eigenvalue weighted by Gasteiger charge is 2.10. The maximum atomic E-state index is 10.0. The van der Waals surface area contributed by atoms with Crippen LogP contribution < -0.4 is 9.47 Å². The van der Waals surface area contributed by atoms with Crippen LogP contribution in [0.25, 0.3) is 10.8 Å². The van der Waals surface area contributed by atoms with Crippen molar-refractivity contribution in [1.29, 1.82) is 0 Å². The topological polar surface area (TPSA) is 38.7 Å². The molecule has 3 nitrogen and oxygen atoms in total. The normalized spacial score (nSPS) is 12.3. The van der Waals surface area contributed by atoms with Gasteiger partial charge in [-0.15, -0.1) is 0 Å². The van der Waals surface area contributed by atoms with Gasteiger partial charge in [-0.1, -0.05) is 57.4 Å². The lowest BCUT2D eigenvalue weighted by molar-refractivity contribution is 0.0984. The first-order valence-electron chi connectivity index (χ1n) is 8.71. The van der Waals surface area contributed by atoms with E-state index >= 15 is 0 Å². The molecule has 0 bridgehead atoms. The zero-order valence-corrected chi connectivity index (χ0v) is 14.3. The molecule has 23 heavy (non-hydrogen) atoms. The van der Waals surface area contributed by atoms with Crippen molar-refractivity contribution < 1.29 is 14.6 Å². The molecule has 0 aromatic heterocycles. The van der Waals surface area contributed by atoms with E-state index in [1.165, 1.54) is 0 Å². The average Bonchev–Trinajstić information content (AvgIpc) is 2.58. The van der Waals surface area contributed by atoms with Crippen LogP contribution in [-0.4, -0.2) is 24.4 Å². The lowest BCUT2D eigenvalue weighted by Crippen LogP contribution is -2.17. The van der Waals surface area contributed by atoms with E-state index in [0.29, 0.717) is 13.2 Å². The van der Waals surface area contributed by atoms with E-state index < -0.39 is 6.10 Å². The van der Waals surface area contributed by atoms with Crippen molar-refractivity contribution >= 4 is 10.8 Å². The van der Waals surface area contributed by atoms with Crippen LogP contribution in [0.3, 0.4) is 0 Å². The Morgan fingerprint density at radius 2 is 1.52 bits per heavy atom. The van der Waals surface area contributed by atoms with Gasteiger partial charge in [-0.25, -0.2) is 0 Å². The van der Waals surface area contributed by atoms with Crippen LogP contribution in [0.2, 0.25) is 0 Å². The summed E-state index contributed by atoms with van der Waals surface area (Å²) in [7, 11) is 0. The van der Waals surface area contributed by atoms with Gasteiger partial charge in [0.2, 0.25) is 0 Å². The van der Waals surface area contributed by atoms with E-state index in [9.17, 15) is 5.11 Å². The summed E-state index contributed by atoms with van der Waals surface area (Å²) in [5, 5.41) is 12.1. The summed E-state index contributed by atoms with van der Waals surface area (Å²) in [4.78, 5) is 0. The van der Waals surface area contributed by atoms with Crippen molar-refractivity contribution in [1.82, 2.24) is 0 Å². The highest BCUT2D eigenvalue weighted by atomic mass is 16.5. The van der Waals surface area contributed by atoms with Crippen LogP contribution in [0.5, 0.6) is 11.5 Å². The van der Waals surface area contributed by atoms with Gasteiger partial charge in [-0.05, 0) is 25.0 Å². The van der Waals surface area contributed by atoms with Gasteiger partial charge in [-0.3, -0.25) is 0 Å². The zero-order valence-electron chi connectivity index (χ0n) is 14.3. The first kappa shape index (κ1) is 17.6. The molecule has 0 spiro atoms. The van der Waals surface area contributed by atoms with Crippen LogP contribution in [0, 0.1) is 0 Å². The quantitative estimate of drug-likeness (QED) is 0.630. The van der Waals surface area contributed by atoms with Crippen molar-refractivity contribution in [3.63, 3.8) is 0 Å². The molecule has 0 saturated carbocycles. The van der Waals surface area contributed by atoms with Gasteiger partial charge < -0.3 is 14.6 Å². The monoisotopic (exact) mass is 316 g/mol. The van der Waals surface area contributed by atoms with Gasteiger partial charge in [0, 0.05) is 10.8 Å². The summed E-state index contributed by atoms with van der Waals surface area (Å²) in [6.07, 6.45) is 4.74. The molecule has 1 atom stereocenters. The molecule has 0 aliphatic carbocycles. The number of fused-ring (bicyclic) bond motifs is 1. The molecule has 0 fully saturated rings. The largest absolute Gasteiger partial charge is 0.493 e. The summed E-state index contributed by atoms with van der Waals surface area (Å²) < 4.78 is 11.7. The highest BCUT2D eigenvalue weighted by Crippen LogP contribution is 2.33. The number of benzene rings is 2. The number of rotatable bonds is 10. The fourth-order valence-corrected chi connectivity index (χ4v) is 2.61. The summed E-state index contributed by atoms with van der Waals surface area (Å²) in [5.41, 5.74) is 0. The van der Waals surface area contributed by atoms with Crippen LogP contribution in [-0.2, 0) is 0 Å². The third kappa shape index (κ3) is 5.14. The van der Waals surface area contributed by atoms with E-state index in [2.05, 4.69) is 13.8 Å². The summed E-state index contributed by atoms with van der Waals surface area (Å²) >= 11 is 0. The van der Waals surface area contributed by atoms with Gasteiger partial charge in [0.05, 0.1) is 12.7 Å². The number of aliphatic hydroxyl groups is 1. The number of aliphatic hydroxyl groups excluding tert-OH is 1. The molecule has 0 aliphatic rings. The first-order valence-corrected chi connectivity index (χ1v) is 8.71. The molecular formula is C20H28O3. The molecule has 0 radical (unpaired) electrons. The Hall–Kier alpha value is -1.74. The zero-order chi connectivity index (χ0) is 16.5. The standard InChI is InChI=1S/C20H28O3/c1-3-5-6-9-16(21)15-23-20-13-12-19(22-14-4-2)17-10-7-8-11-18(17)20/h7-8,10-13,16,21H,3-6,9,14-15H2,1-2H3. The van der Waals surface area contributed by atoms with Gasteiger partial charge in [0.1, 0.15) is 18.1 Å². The number of hydrogen-bond donors (Lipinski definition) is 1. The van der Waals surface area contributed by atoms with Crippen LogP contribution >= 0.6 is 0 Å². The van der Waals surface area contributed by atoms with Crippen LogP contribution in [0.1, 0.15) is 46.0 Å². The van der Waals surface area contributed by atoms with E-state index in [0.717, 1.165) is 54.4 Å². The average molecular weight is 316 g/mol. The predicted molar refractivity (Wildman–Crippen MR) is 95.4 cm³/mol. The summed E-state index contributed by atoms with van der Waals surface area (Å²) in [5.74, 6) is 1.69. The second-order valence-corrected chi connectivity index (χ2v) is 5.92. The molecule has 2 rings (SSSR count). The van der Waals surface area contributed by atoms with Crippen molar-refractivity contribution in [3.8, 4) is 11.5 Å². The minimum absolute atomic E-state index is 0.336. The van der Waals surface area contributed by atoms with Crippen molar-refractivity contribution in [2.45, 2.75) is 52.1 Å². The van der Waals surface area contributed by atoms with E-state index in [1.54, 1.807) is 0 Å². The van der Waals surface area contributed by atoms with Gasteiger partial charge in [0.15, 0.2) is 0 Å². The summed E-state index contributed by atoms with van der Waals surface area (Å²) in [6.45, 7) is 5.31. The Kier molecular flexibility index (Phi) is 7.21. The van der Waals surface area contributed by atoms with Gasteiger partial charge >= 0.3 is 0 Å². The number of hydrogen-bond acceptors (Lipinski definition) is 3. The Labute approximate surface area is 139 Å². The fraction of sp³-hybridized carbons (Fsp3) is 0.500. The molecule has 0 aliphatic heterocycles. The lowest BCUT2D eigenvalue weighted by atomic mass is 10.1. The Bertz CT molecular complexity index is 594. The highest BCUT2D eigenvalue weighted by molar-refractivity contribution is 5.93. The van der Waals surface area contributed by atoms with Crippen molar-refractivity contribution in [2.24, 2.45) is 0 Å². The Morgan fingerprint density at radius 1 is 0.870 bits per heavy atom. The first-order chi connectivity index (χ1) is 11.3. The van der Waals surface area contributed by atoms with E-state index in [4.69, 9.17) is 9.47 Å². The van der Waals surface area contributed by atoms with Gasteiger partial charge in [0.25, 0.3) is 0 Å². The smallest absolute Gasteiger partial charge is 0.127 e. The lowest BCUT2D eigenvalue weighted by Gasteiger charge is -2.15. The van der Waals surface area contributed by atoms with Crippen LogP contribution in [0.15, 0.2) is 36.4 Å². The van der Waals surface area contributed by atoms with Gasteiger partial charge in [-0.2, -0.15) is 0 Å². The molecule has 0 amide bonds. The minimum Gasteiger partial charge on any atom is -0.493 e. The van der Waals surface area contributed by atoms with Crippen molar-refractivity contribution in [3.05, 3.63) is 36.4 Å². The number of unbranched alkanes of at least 4 members (excludes halogenated alkanes) is 2. The molecule has 2 aromatic carbocycles.